The molecule has 1 aliphatic rings. The van der Waals surface area contributed by atoms with Gasteiger partial charge >= 0.3 is 0 Å². The van der Waals surface area contributed by atoms with E-state index < -0.39 is 0 Å². The summed E-state index contributed by atoms with van der Waals surface area (Å²) in [5, 5.41) is 5.84. The van der Waals surface area contributed by atoms with Crippen molar-refractivity contribution in [1.29, 1.82) is 0 Å². The number of hydrogen-bond donors (Lipinski definition) is 1. The number of hydrogen-bond acceptors (Lipinski definition) is 5. The van der Waals surface area contributed by atoms with Crippen LogP contribution in [0.1, 0.15) is 17.0 Å². The van der Waals surface area contributed by atoms with Gasteiger partial charge in [0.1, 0.15) is 0 Å². The summed E-state index contributed by atoms with van der Waals surface area (Å²) in [4.78, 5) is 21.4. The molecule has 1 N–H and O–H groups in total. The van der Waals surface area contributed by atoms with Crippen LogP contribution in [0, 0.1) is 13.8 Å². The normalized spacial score (nSPS) is 17.1. The van der Waals surface area contributed by atoms with Crippen molar-refractivity contribution < 1.29 is 4.79 Å². The van der Waals surface area contributed by atoms with Crippen LogP contribution in [-0.2, 0) is 4.79 Å². The van der Waals surface area contributed by atoms with E-state index in [4.69, 9.17) is 0 Å². The summed E-state index contributed by atoms with van der Waals surface area (Å²) in [6, 6.07) is 10.2. The Hall–Kier alpha value is -2.16. The van der Waals surface area contributed by atoms with Gasteiger partial charge in [0.25, 0.3) is 5.91 Å². The van der Waals surface area contributed by atoms with E-state index in [0.29, 0.717) is 15.2 Å². The molecule has 3 aromatic rings. The van der Waals surface area contributed by atoms with Gasteiger partial charge in [-0.05, 0) is 71.4 Å². The first kappa shape index (κ1) is 18.2. The third kappa shape index (κ3) is 3.65. The molecule has 1 fully saturated rings. The molecule has 0 aliphatic carbocycles. The molecule has 0 spiro atoms. The number of thioether (sulfide) groups is 1. The number of aliphatic imine (C=N–C) groups is 1. The summed E-state index contributed by atoms with van der Waals surface area (Å²) >= 11 is 6.38. The van der Waals surface area contributed by atoms with E-state index in [-0.39, 0.29) is 5.91 Å². The molecule has 1 amide bonds. The smallest absolute Gasteiger partial charge is 0.264 e. The van der Waals surface area contributed by atoms with Crippen LogP contribution in [0.2, 0.25) is 0 Å². The highest BCUT2D eigenvalue weighted by Gasteiger charge is 2.25. The van der Waals surface area contributed by atoms with Crippen LogP contribution in [0.15, 0.2) is 56.3 Å². The molecule has 5 nitrogen and oxygen atoms in total. The maximum Gasteiger partial charge on any atom is 0.264 e. The van der Waals surface area contributed by atoms with Crippen LogP contribution in [0.25, 0.3) is 11.8 Å². The van der Waals surface area contributed by atoms with E-state index in [9.17, 15) is 4.79 Å². The van der Waals surface area contributed by atoms with Gasteiger partial charge in [-0.2, -0.15) is 4.99 Å². The van der Waals surface area contributed by atoms with E-state index in [0.717, 1.165) is 27.1 Å². The molecule has 1 aliphatic heterocycles. The number of benzene rings is 1. The van der Waals surface area contributed by atoms with Gasteiger partial charge in [-0.15, -0.1) is 11.3 Å². The molecule has 0 saturated carbocycles. The molecule has 136 valence electrons. The highest BCUT2D eigenvalue weighted by Crippen LogP contribution is 2.32. The highest BCUT2D eigenvalue weighted by molar-refractivity contribution is 9.10. The minimum Gasteiger partial charge on any atom is -0.317 e. The van der Waals surface area contributed by atoms with E-state index in [1.165, 1.54) is 23.1 Å². The molecular formula is C19H15BrN4OS2. The first-order valence-corrected chi connectivity index (χ1v) is 10.6. The second kappa shape index (κ2) is 7.46. The molecule has 4 rings (SSSR count). The zero-order valence-corrected chi connectivity index (χ0v) is 17.8. The van der Waals surface area contributed by atoms with Gasteiger partial charge < -0.3 is 9.88 Å². The Morgan fingerprint density at radius 1 is 1.30 bits per heavy atom. The Kier molecular flexibility index (Phi) is 5.03. The molecular weight excluding hydrogens is 444 g/mol. The summed E-state index contributed by atoms with van der Waals surface area (Å²) in [7, 11) is 0. The topological polar surface area (TPSA) is 59.3 Å². The average Bonchev–Trinajstić information content (AvgIpc) is 3.32. The number of halogens is 1. The maximum atomic E-state index is 12.3. The number of nitrogens with zero attached hydrogens (tertiary/aromatic N) is 3. The lowest BCUT2D eigenvalue weighted by Crippen LogP contribution is -2.19. The van der Waals surface area contributed by atoms with Gasteiger partial charge in [-0.25, -0.2) is 4.98 Å². The van der Waals surface area contributed by atoms with Crippen LogP contribution < -0.4 is 5.32 Å². The van der Waals surface area contributed by atoms with Crippen molar-refractivity contribution in [2.45, 2.75) is 13.8 Å². The Morgan fingerprint density at radius 3 is 2.85 bits per heavy atom. The molecule has 27 heavy (non-hydrogen) atoms. The number of aryl methyl sites for hydroxylation is 1. The van der Waals surface area contributed by atoms with E-state index in [1.807, 2.05) is 29.7 Å². The molecule has 8 heteroatoms. The number of carbonyl (C=O) groups excluding carboxylic acids is 1. The fourth-order valence-corrected chi connectivity index (χ4v) is 4.76. The van der Waals surface area contributed by atoms with E-state index in [1.54, 1.807) is 6.20 Å². The van der Waals surface area contributed by atoms with Gasteiger partial charge in [0, 0.05) is 27.4 Å². The van der Waals surface area contributed by atoms with Crippen LogP contribution in [-0.4, -0.2) is 20.6 Å². The zero-order chi connectivity index (χ0) is 19.0. The third-order valence-electron chi connectivity index (χ3n) is 4.12. The van der Waals surface area contributed by atoms with Crippen molar-refractivity contribution in [2.75, 3.05) is 0 Å². The number of carbonyl (C=O) groups is 1. The molecule has 1 saturated heterocycles. The molecule has 1 aromatic carbocycles. The summed E-state index contributed by atoms with van der Waals surface area (Å²) < 4.78 is 3.20. The average molecular weight is 459 g/mol. The summed E-state index contributed by atoms with van der Waals surface area (Å²) in [5.74, 6) is -0.138. The van der Waals surface area contributed by atoms with Crippen molar-refractivity contribution in [3.8, 4) is 5.69 Å². The highest BCUT2D eigenvalue weighted by atomic mass is 79.9. The number of rotatable bonds is 3. The zero-order valence-electron chi connectivity index (χ0n) is 14.6. The molecule has 2 aromatic heterocycles. The first-order valence-electron chi connectivity index (χ1n) is 8.16. The lowest BCUT2D eigenvalue weighted by molar-refractivity contribution is -0.115. The molecule has 0 radical (unpaired) electrons. The van der Waals surface area contributed by atoms with Gasteiger partial charge in [0.05, 0.1) is 10.6 Å². The van der Waals surface area contributed by atoms with Crippen molar-refractivity contribution >= 4 is 61.3 Å². The van der Waals surface area contributed by atoms with Crippen molar-refractivity contribution in [3.05, 3.63) is 68.2 Å². The van der Waals surface area contributed by atoms with Crippen LogP contribution >= 0.6 is 39.0 Å². The summed E-state index contributed by atoms with van der Waals surface area (Å²) in [5.41, 5.74) is 4.26. The number of nitrogens with one attached hydrogen (secondary N) is 1. The van der Waals surface area contributed by atoms with Gasteiger partial charge in [0.15, 0.2) is 5.17 Å². The number of thiazole rings is 1. The lowest BCUT2D eigenvalue weighted by Gasteiger charge is -2.11. The SMILES string of the molecule is Cc1cc(/C=C2\S/C(=N/c3nccs3)NC2=O)c(C)n1-c1ccccc1Br. The number of amidine groups is 1. The van der Waals surface area contributed by atoms with Crippen LogP contribution in [0.4, 0.5) is 5.13 Å². The molecule has 0 atom stereocenters. The van der Waals surface area contributed by atoms with Crippen LogP contribution in [0.3, 0.4) is 0 Å². The predicted molar refractivity (Wildman–Crippen MR) is 116 cm³/mol. The quantitative estimate of drug-likeness (QED) is 0.548. The number of aromatic nitrogens is 2. The Balaban J connectivity index is 1.68. The Bertz CT molecular complexity index is 1080. The van der Waals surface area contributed by atoms with Gasteiger partial charge in [0.2, 0.25) is 5.13 Å². The number of para-hydroxylation sites is 1. The van der Waals surface area contributed by atoms with Crippen molar-refractivity contribution in [2.24, 2.45) is 4.99 Å². The largest absolute Gasteiger partial charge is 0.317 e. The van der Waals surface area contributed by atoms with E-state index >= 15 is 0 Å². The second-order valence-electron chi connectivity index (χ2n) is 5.91. The summed E-state index contributed by atoms with van der Waals surface area (Å²) in [6.45, 7) is 4.12. The fraction of sp³-hybridized carbons (Fsp3) is 0.105. The van der Waals surface area contributed by atoms with Gasteiger partial charge in [-0.1, -0.05) is 12.1 Å². The second-order valence-corrected chi connectivity index (χ2v) is 8.67. The van der Waals surface area contributed by atoms with Crippen molar-refractivity contribution in [3.63, 3.8) is 0 Å². The van der Waals surface area contributed by atoms with E-state index in [2.05, 4.69) is 61.8 Å². The Labute approximate surface area is 173 Å². The molecule has 0 bridgehead atoms. The standard InChI is InChI=1S/C19H15BrN4OS2/c1-11-9-13(12(2)24(11)15-6-4-3-5-14(15)20)10-16-17(25)22-19(27-16)23-18-21-7-8-26-18/h3-10H,1-2H3,(H,21,22,23,25)/b16-10-. The minimum atomic E-state index is -0.138. The summed E-state index contributed by atoms with van der Waals surface area (Å²) in [6.07, 6.45) is 3.61. The van der Waals surface area contributed by atoms with Crippen molar-refractivity contribution in [1.82, 2.24) is 14.9 Å². The third-order valence-corrected chi connectivity index (χ3v) is 6.36. The fourth-order valence-electron chi connectivity index (χ4n) is 2.92. The molecule has 0 unspecified atom stereocenters. The van der Waals surface area contributed by atoms with Crippen LogP contribution in [0.5, 0.6) is 0 Å². The minimum absolute atomic E-state index is 0.138. The monoisotopic (exact) mass is 458 g/mol. The Morgan fingerprint density at radius 2 is 2.11 bits per heavy atom. The van der Waals surface area contributed by atoms with Gasteiger partial charge in [-0.3, -0.25) is 4.79 Å². The predicted octanol–water partition coefficient (Wildman–Crippen LogP) is 5.20. The maximum absolute atomic E-state index is 12.3. The number of amides is 1. The lowest BCUT2D eigenvalue weighted by atomic mass is 10.2. The molecule has 3 heterocycles. The first-order chi connectivity index (χ1) is 13.0.